The van der Waals surface area contributed by atoms with Crippen LogP contribution in [-0.4, -0.2) is 18.3 Å². The van der Waals surface area contributed by atoms with Crippen molar-refractivity contribution in [1.82, 2.24) is 0 Å². The first-order chi connectivity index (χ1) is 11.1. The van der Waals surface area contributed by atoms with Gasteiger partial charge in [-0.1, -0.05) is 54.6 Å². The Morgan fingerprint density at radius 3 is 2.74 bits per heavy atom. The molecular weight excluding hydrogens is 328 g/mol. The third kappa shape index (κ3) is 6.93. The molecule has 2 nitrogen and oxygen atoms in total. The summed E-state index contributed by atoms with van der Waals surface area (Å²) in [5.41, 5.74) is 1.38. The zero-order chi connectivity index (χ0) is 17.1. The van der Waals surface area contributed by atoms with Crippen LogP contribution in [0.4, 0.5) is 0 Å². The van der Waals surface area contributed by atoms with Gasteiger partial charge in [0.2, 0.25) is 0 Å². The zero-order valence-corrected chi connectivity index (χ0v) is 15.0. The van der Waals surface area contributed by atoms with Crippen molar-refractivity contribution < 1.29 is 9.53 Å². The van der Waals surface area contributed by atoms with Gasteiger partial charge in [0, 0.05) is 21.3 Å². The summed E-state index contributed by atoms with van der Waals surface area (Å²) in [7, 11) is 0. The fourth-order valence-electron chi connectivity index (χ4n) is 1.76. The van der Waals surface area contributed by atoms with Crippen LogP contribution in [0.3, 0.4) is 0 Å². The molecule has 0 unspecified atom stereocenters. The number of carbonyl (C=O) groups is 1. The van der Waals surface area contributed by atoms with Gasteiger partial charge in [0.05, 0.1) is 6.61 Å². The summed E-state index contributed by atoms with van der Waals surface area (Å²) in [6.07, 6.45) is 9.34. The molecule has 0 aromatic heterocycles. The van der Waals surface area contributed by atoms with Crippen molar-refractivity contribution in [3.05, 3.63) is 76.2 Å². The van der Waals surface area contributed by atoms with E-state index in [4.69, 9.17) is 16.3 Å². The maximum absolute atomic E-state index is 12.2. The largest absolute Gasteiger partial charge is 0.463 e. The average Bonchev–Trinajstić information content (AvgIpc) is 2.53. The Morgan fingerprint density at radius 1 is 1.39 bits per heavy atom. The number of carbonyl (C=O) groups excluding carboxylic acids is 1. The highest BCUT2D eigenvalue weighted by molar-refractivity contribution is 8.03. The molecule has 122 valence electrons. The molecule has 0 aliphatic carbocycles. The summed E-state index contributed by atoms with van der Waals surface area (Å²) in [5, 5.41) is 0.606. The first kappa shape index (κ1) is 19.3. The highest BCUT2D eigenvalue weighted by Gasteiger charge is 2.12. The van der Waals surface area contributed by atoms with E-state index in [-0.39, 0.29) is 5.97 Å². The predicted octanol–water partition coefficient (Wildman–Crippen LogP) is 5.67. The number of esters is 1. The Kier molecular flexibility index (Phi) is 9.18. The minimum atomic E-state index is -0.321. The Hall–Kier alpha value is -1.71. The van der Waals surface area contributed by atoms with Crippen molar-refractivity contribution in [3.8, 4) is 0 Å². The standard InChI is InChI=1S/C19H21ClO2S/c1-4-9-17(10-5-2)23-14-16(19(21)22-6-3)13-15-11-7-8-12-18(15)20/h4-5,7-13H,1,6,14H2,2-3H3/b10-5-,16-13+,17-9+. The molecule has 0 atom stereocenters. The molecule has 0 amide bonds. The van der Waals surface area contributed by atoms with E-state index in [9.17, 15) is 4.79 Å². The van der Waals surface area contributed by atoms with Gasteiger partial charge in [0.25, 0.3) is 0 Å². The van der Waals surface area contributed by atoms with E-state index in [1.54, 1.807) is 36.9 Å². The van der Waals surface area contributed by atoms with Gasteiger partial charge in [-0.3, -0.25) is 0 Å². The SMILES string of the molecule is C=C/C=C(\C=C/C)SC/C(=C\c1ccccc1Cl)C(=O)OCC. The molecule has 0 saturated carbocycles. The Balaban J connectivity index is 3.02. The smallest absolute Gasteiger partial charge is 0.334 e. The fourth-order valence-corrected chi connectivity index (χ4v) is 2.89. The van der Waals surface area contributed by atoms with Gasteiger partial charge < -0.3 is 4.74 Å². The summed E-state index contributed by atoms with van der Waals surface area (Å²) in [6, 6.07) is 7.41. The van der Waals surface area contributed by atoms with Gasteiger partial charge in [0.15, 0.2) is 0 Å². The van der Waals surface area contributed by atoms with Crippen molar-refractivity contribution in [3.63, 3.8) is 0 Å². The molecule has 0 heterocycles. The molecule has 0 aliphatic heterocycles. The van der Waals surface area contributed by atoms with Crippen LogP contribution in [0, 0.1) is 0 Å². The van der Waals surface area contributed by atoms with Crippen LogP contribution >= 0.6 is 23.4 Å². The number of hydrogen-bond donors (Lipinski definition) is 0. The van der Waals surface area contributed by atoms with Crippen LogP contribution in [0.5, 0.6) is 0 Å². The van der Waals surface area contributed by atoms with E-state index in [1.807, 2.05) is 43.4 Å². The summed E-state index contributed by atoms with van der Waals surface area (Å²) >= 11 is 7.72. The van der Waals surface area contributed by atoms with E-state index < -0.39 is 0 Å². The van der Waals surface area contributed by atoms with Gasteiger partial charge in [-0.2, -0.15) is 0 Å². The molecule has 0 aliphatic rings. The lowest BCUT2D eigenvalue weighted by atomic mass is 10.1. The highest BCUT2D eigenvalue weighted by Crippen LogP contribution is 2.24. The summed E-state index contributed by atoms with van der Waals surface area (Å²) in [6.45, 7) is 7.79. The average molecular weight is 349 g/mol. The Bertz CT molecular complexity index is 630. The molecule has 0 spiro atoms. The van der Waals surface area contributed by atoms with E-state index in [2.05, 4.69) is 6.58 Å². The maximum Gasteiger partial charge on any atom is 0.334 e. The van der Waals surface area contributed by atoms with Gasteiger partial charge in [-0.25, -0.2) is 4.79 Å². The molecule has 1 aromatic rings. The number of halogens is 1. The van der Waals surface area contributed by atoms with Crippen LogP contribution in [0.25, 0.3) is 6.08 Å². The van der Waals surface area contributed by atoms with Crippen molar-refractivity contribution in [2.75, 3.05) is 12.4 Å². The molecule has 4 heteroatoms. The van der Waals surface area contributed by atoms with E-state index in [1.165, 1.54) is 0 Å². The molecule has 0 N–H and O–H groups in total. The van der Waals surface area contributed by atoms with Crippen LogP contribution in [0.15, 0.2) is 65.6 Å². The predicted molar refractivity (Wildman–Crippen MR) is 102 cm³/mol. The van der Waals surface area contributed by atoms with Gasteiger partial charge >= 0.3 is 5.97 Å². The molecule has 1 rings (SSSR count). The van der Waals surface area contributed by atoms with Crippen molar-refractivity contribution in [1.29, 1.82) is 0 Å². The lowest BCUT2D eigenvalue weighted by Gasteiger charge is -2.08. The fraction of sp³-hybridized carbons (Fsp3) is 0.211. The van der Waals surface area contributed by atoms with E-state index in [0.717, 1.165) is 10.5 Å². The Labute approximate surface area is 147 Å². The second-order valence-electron chi connectivity index (χ2n) is 4.50. The third-order valence-corrected chi connectivity index (χ3v) is 4.19. The molecule has 0 bridgehead atoms. The van der Waals surface area contributed by atoms with Crippen molar-refractivity contribution in [2.24, 2.45) is 0 Å². The van der Waals surface area contributed by atoms with Gasteiger partial charge in [-0.05, 0) is 37.6 Å². The van der Waals surface area contributed by atoms with Crippen LogP contribution in [-0.2, 0) is 9.53 Å². The number of benzene rings is 1. The summed E-state index contributed by atoms with van der Waals surface area (Å²) in [4.78, 5) is 13.2. The van der Waals surface area contributed by atoms with Crippen LogP contribution in [0.1, 0.15) is 19.4 Å². The lowest BCUT2D eigenvalue weighted by molar-refractivity contribution is -0.138. The lowest BCUT2D eigenvalue weighted by Crippen LogP contribution is -2.09. The number of allylic oxidation sites excluding steroid dienone is 4. The molecule has 0 saturated heterocycles. The molecule has 23 heavy (non-hydrogen) atoms. The number of hydrogen-bond acceptors (Lipinski definition) is 3. The quantitative estimate of drug-likeness (QED) is 0.344. The van der Waals surface area contributed by atoms with Crippen molar-refractivity contribution >= 4 is 35.4 Å². The van der Waals surface area contributed by atoms with E-state index in [0.29, 0.717) is 23.0 Å². The molecule has 1 aromatic carbocycles. The number of thioether (sulfide) groups is 1. The summed E-state index contributed by atoms with van der Waals surface area (Å²) in [5.74, 6) is 0.173. The first-order valence-corrected chi connectivity index (χ1v) is 8.69. The highest BCUT2D eigenvalue weighted by atomic mass is 35.5. The van der Waals surface area contributed by atoms with Crippen LogP contribution in [0.2, 0.25) is 5.02 Å². The number of ether oxygens (including phenoxy) is 1. The van der Waals surface area contributed by atoms with Crippen LogP contribution < -0.4 is 0 Å². The van der Waals surface area contributed by atoms with Gasteiger partial charge in [-0.15, -0.1) is 11.8 Å². The number of rotatable bonds is 8. The molecule has 0 radical (unpaired) electrons. The third-order valence-electron chi connectivity index (χ3n) is 2.78. The Morgan fingerprint density at radius 2 is 2.13 bits per heavy atom. The summed E-state index contributed by atoms with van der Waals surface area (Å²) < 4.78 is 5.15. The maximum atomic E-state index is 12.2. The second-order valence-corrected chi connectivity index (χ2v) is 5.96. The van der Waals surface area contributed by atoms with Gasteiger partial charge in [0.1, 0.15) is 0 Å². The second kappa shape index (κ2) is 10.9. The van der Waals surface area contributed by atoms with E-state index >= 15 is 0 Å². The minimum Gasteiger partial charge on any atom is -0.463 e. The monoisotopic (exact) mass is 348 g/mol. The zero-order valence-electron chi connectivity index (χ0n) is 13.4. The topological polar surface area (TPSA) is 26.3 Å². The molecule has 0 fully saturated rings. The minimum absolute atomic E-state index is 0.321. The normalized spacial score (nSPS) is 12.5. The first-order valence-electron chi connectivity index (χ1n) is 7.32. The molecular formula is C19H21ClO2S. The van der Waals surface area contributed by atoms with Crippen molar-refractivity contribution in [2.45, 2.75) is 13.8 Å².